The van der Waals surface area contributed by atoms with Crippen molar-refractivity contribution in [3.05, 3.63) is 10.5 Å². The van der Waals surface area contributed by atoms with E-state index in [1.54, 1.807) is 0 Å². The van der Waals surface area contributed by atoms with Crippen LogP contribution in [-0.2, 0) is 0 Å². The van der Waals surface area contributed by atoms with Crippen molar-refractivity contribution in [2.45, 2.75) is 27.2 Å². The maximum absolute atomic E-state index is 4.88. The van der Waals surface area contributed by atoms with E-state index in [1.807, 2.05) is 6.92 Å². The van der Waals surface area contributed by atoms with E-state index < -0.39 is 0 Å². The molecule has 0 spiro atoms. The van der Waals surface area contributed by atoms with Crippen LogP contribution in [0.5, 0.6) is 0 Å². The summed E-state index contributed by atoms with van der Waals surface area (Å²) in [5.74, 6) is 0. The predicted octanol–water partition coefficient (Wildman–Crippen LogP) is 2.89. The van der Waals surface area contributed by atoms with Crippen molar-refractivity contribution >= 4 is 12.6 Å². The lowest BCUT2D eigenvalue weighted by Gasteiger charge is -1.92. The SMILES string of the molecule is CCC(C)=C(C)[S]. The van der Waals surface area contributed by atoms with Crippen LogP contribution in [0, 0.1) is 0 Å². The summed E-state index contributed by atoms with van der Waals surface area (Å²) in [7, 11) is 0. The van der Waals surface area contributed by atoms with Gasteiger partial charge in [-0.3, -0.25) is 0 Å². The second kappa shape index (κ2) is 3.03. The van der Waals surface area contributed by atoms with E-state index in [0.29, 0.717) is 0 Å². The molecule has 0 fully saturated rings. The molecule has 0 aromatic rings. The van der Waals surface area contributed by atoms with Crippen LogP contribution in [0.4, 0.5) is 0 Å². The van der Waals surface area contributed by atoms with Crippen molar-refractivity contribution in [1.82, 2.24) is 0 Å². The zero-order chi connectivity index (χ0) is 5.86. The van der Waals surface area contributed by atoms with Crippen molar-refractivity contribution in [3.63, 3.8) is 0 Å². The Labute approximate surface area is 51.0 Å². The number of hydrogen-bond donors (Lipinski definition) is 0. The van der Waals surface area contributed by atoms with Crippen LogP contribution in [0.3, 0.4) is 0 Å². The van der Waals surface area contributed by atoms with Crippen LogP contribution in [0.15, 0.2) is 10.5 Å². The highest BCUT2D eigenvalue weighted by Gasteiger charge is 1.85. The third kappa shape index (κ3) is 2.63. The summed E-state index contributed by atoms with van der Waals surface area (Å²) in [5, 5.41) is 0. The normalized spacial score (nSPS) is 13.6. The molecule has 7 heavy (non-hydrogen) atoms. The summed E-state index contributed by atoms with van der Waals surface area (Å²) in [6.45, 7) is 6.15. The molecule has 0 nitrogen and oxygen atoms in total. The largest absolute Gasteiger partial charge is 0.0853 e. The molecule has 0 aromatic heterocycles. The van der Waals surface area contributed by atoms with E-state index in [1.165, 1.54) is 5.57 Å². The van der Waals surface area contributed by atoms with Crippen molar-refractivity contribution in [3.8, 4) is 0 Å². The van der Waals surface area contributed by atoms with Crippen molar-refractivity contribution in [2.24, 2.45) is 0 Å². The average Bonchev–Trinajstić information content (AvgIpc) is 1.65. The van der Waals surface area contributed by atoms with Gasteiger partial charge in [-0.2, -0.15) is 0 Å². The van der Waals surface area contributed by atoms with Gasteiger partial charge in [0.15, 0.2) is 0 Å². The van der Waals surface area contributed by atoms with E-state index in [9.17, 15) is 0 Å². The third-order valence-corrected chi connectivity index (χ3v) is 1.48. The van der Waals surface area contributed by atoms with Gasteiger partial charge in [0.25, 0.3) is 0 Å². The third-order valence-electron chi connectivity index (χ3n) is 1.13. The highest BCUT2D eigenvalue weighted by atomic mass is 32.1. The lowest BCUT2D eigenvalue weighted by atomic mass is 10.2. The Morgan fingerprint density at radius 2 is 1.86 bits per heavy atom. The number of allylic oxidation sites excluding steroid dienone is 2. The first kappa shape index (κ1) is 6.96. The highest BCUT2D eigenvalue weighted by Crippen LogP contribution is 2.08. The molecule has 0 aliphatic carbocycles. The minimum absolute atomic E-state index is 1.04. The molecule has 41 valence electrons. The molecule has 1 radical (unpaired) electrons. The molecule has 0 rings (SSSR count). The van der Waals surface area contributed by atoms with Crippen LogP contribution in [-0.4, -0.2) is 0 Å². The van der Waals surface area contributed by atoms with Crippen LogP contribution < -0.4 is 0 Å². The fraction of sp³-hybridized carbons (Fsp3) is 0.667. The quantitative estimate of drug-likeness (QED) is 0.493. The molecular formula is C6H11S. The molecule has 1 heteroatoms. The van der Waals surface area contributed by atoms with E-state index >= 15 is 0 Å². The van der Waals surface area contributed by atoms with E-state index in [4.69, 9.17) is 12.6 Å². The Balaban J connectivity index is 3.72. The number of hydrogen-bond acceptors (Lipinski definition) is 0. The molecule has 0 bridgehead atoms. The fourth-order valence-corrected chi connectivity index (χ4v) is 0.393. The van der Waals surface area contributed by atoms with Gasteiger partial charge in [-0.25, -0.2) is 0 Å². The maximum Gasteiger partial charge on any atom is 0.0110 e. The summed E-state index contributed by atoms with van der Waals surface area (Å²) in [6.07, 6.45) is 1.09. The van der Waals surface area contributed by atoms with Gasteiger partial charge in [-0.1, -0.05) is 25.1 Å². The molecule has 0 aliphatic heterocycles. The standard InChI is InChI=1S/C6H11S/c1-4-5(2)6(3)7/h4H2,1-3H3. The molecule has 0 saturated heterocycles. The van der Waals surface area contributed by atoms with E-state index in [0.717, 1.165) is 11.3 Å². The Morgan fingerprint density at radius 1 is 1.43 bits per heavy atom. The van der Waals surface area contributed by atoms with Gasteiger partial charge in [-0.05, 0) is 20.3 Å². The topological polar surface area (TPSA) is 0 Å². The molecule has 0 saturated carbocycles. The zero-order valence-corrected chi connectivity index (χ0v) is 5.93. The zero-order valence-electron chi connectivity index (χ0n) is 5.12. The summed E-state index contributed by atoms with van der Waals surface area (Å²) < 4.78 is 0. The van der Waals surface area contributed by atoms with Crippen molar-refractivity contribution in [1.29, 1.82) is 0 Å². The molecular weight excluding hydrogens is 104 g/mol. The van der Waals surface area contributed by atoms with Crippen LogP contribution in [0.25, 0.3) is 0 Å². The molecule has 0 heterocycles. The van der Waals surface area contributed by atoms with Gasteiger partial charge in [0.05, 0.1) is 0 Å². The van der Waals surface area contributed by atoms with Gasteiger partial charge >= 0.3 is 0 Å². The second-order valence-corrected chi connectivity index (χ2v) is 2.30. The van der Waals surface area contributed by atoms with Gasteiger partial charge in [0.2, 0.25) is 0 Å². The van der Waals surface area contributed by atoms with E-state index in [-0.39, 0.29) is 0 Å². The van der Waals surface area contributed by atoms with Crippen molar-refractivity contribution < 1.29 is 0 Å². The molecule has 0 aromatic carbocycles. The molecule has 0 N–H and O–H groups in total. The first-order chi connectivity index (χ1) is 3.18. The minimum atomic E-state index is 1.04. The monoisotopic (exact) mass is 115 g/mol. The van der Waals surface area contributed by atoms with Crippen LogP contribution in [0.2, 0.25) is 0 Å². The molecule has 0 amide bonds. The number of rotatable bonds is 1. The Bertz CT molecular complexity index is 78.2. The highest BCUT2D eigenvalue weighted by molar-refractivity contribution is 7.84. The maximum atomic E-state index is 4.88. The molecule has 0 unspecified atom stereocenters. The minimum Gasteiger partial charge on any atom is -0.0853 e. The lowest BCUT2D eigenvalue weighted by molar-refractivity contribution is 1.09. The van der Waals surface area contributed by atoms with E-state index in [2.05, 4.69) is 13.8 Å². The van der Waals surface area contributed by atoms with Crippen LogP contribution >= 0.6 is 12.6 Å². The summed E-state index contributed by atoms with van der Waals surface area (Å²) in [5.41, 5.74) is 1.33. The van der Waals surface area contributed by atoms with Gasteiger partial charge in [0.1, 0.15) is 0 Å². The Morgan fingerprint density at radius 3 is 1.86 bits per heavy atom. The predicted molar refractivity (Wildman–Crippen MR) is 36.3 cm³/mol. The Hall–Kier alpha value is -0.0400. The first-order valence-corrected chi connectivity index (χ1v) is 2.92. The van der Waals surface area contributed by atoms with Gasteiger partial charge in [-0.15, -0.1) is 0 Å². The lowest BCUT2D eigenvalue weighted by Crippen LogP contribution is -1.71. The Kier molecular flexibility index (Phi) is 3.01. The smallest absolute Gasteiger partial charge is 0.0110 e. The second-order valence-electron chi connectivity index (χ2n) is 1.69. The molecule has 0 atom stereocenters. The van der Waals surface area contributed by atoms with Crippen molar-refractivity contribution in [2.75, 3.05) is 0 Å². The van der Waals surface area contributed by atoms with Crippen LogP contribution in [0.1, 0.15) is 27.2 Å². The first-order valence-electron chi connectivity index (χ1n) is 2.51. The molecule has 0 aliphatic rings. The average molecular weight is 115 g/mol. The van der Waals surface area contributed by atoms with Gasteiger partial charge in [0, 0.05) is 4.91 Å². The fourth-order valence-electron chi connectivity index (χ4n) is 0.249. The summed E-state index contributed by atoms with van der Waals surface area (Å²) in [4.78, 5) is 1.04. The van der Waals surface area contributed by atoms with Gasteiger partial charge < -0.3 is 0 Å². The summed E-state index contributed by atoms with van der Waals surface area (Å²) >= 11 is 4.88. The summed E-state index contributed by atoms with van der Waals surface area (Å²) in [6, 6.07) is 0.